The minimum atomic E-state index is 0.304. The first-order valence-corrected chi connectivity index (χ1v) is 4.03. The van der Waals surface area contributed by atoms with Gasteiger partial charge in [0, 0.05) is 13.2 Å². The molecular formula is C8H18O2. The zero-order valence-corrected chi connectivity index (χ0v) is 6.97. The summed E-state index contributed by atoms with van der Waals surface area (Å²) in [6, 6.07) is 0. The van der Waals surface area contributed by atoms with Gasteiger partial charge in [-0.1, -0.05) is 0 Å². The Morgan fingerprint density at radius 1 is 1.40 bits per heavy atom. The van der Waals surface area contributed by atoms with Gasteiger partial charge in [-0.2, -0.15) is 0 Å². The van der Waals surface area contributed by atoms with Gasteiger partial charge in [0.15, 0.2) is 0 Å². The molecule has 0 spiro atoms. The molecule has 0 saturated carbocycles. The van der Waals surface area contributed by atoms with Crippen LogP contribution in [0.3, 0.4) is 0 Å². The number of ether oxygens (including phenoxy) is 1. The normalized spacial score (nSPS) is 13.5. The molecule has 2 nitrogen and oxygen atoms in total. The third-order valence-corrected chi connectivity index (χ3v) is 1.47. The Balaban J connectivity index is 2.97. The van der Waals surface area contributed by atoms with Gasteiger partial charge in [-0.25, -0.2) is 0 Å². The second-order valence-electron chi connectivity index (χ2n) is 2.49. The van der Waals surface area contributed by atoms with Crippen LogP contribution in [0.2, 0.25) is 0 Å². The van der Waals surface area contributed by atoms with Gasteiger partial charge in [0.05, 0.1) is 6.10 Å². The first-order valence-electron chi connectivity index (χ1n) is 4.03. The molecule has 62 valence electrons. The van der Waals surface area contributed by atoms with Crippen LogP contribution in [-0.4, -0.2) is 24.4 Å². The number of rotatable bonds is 6. The van der Waals surface area contributed by atoms with Crippen LogP contribution in [0.25, 0.3) is 0 Å². The maximum Gasteiger partial charge on any atom is 0.0546 e. The van der Waals surface area contributed by atoms with Gasteiger partial charge in [-0.3, -0.25) is 0 Å². The van der Waals surface area contributed by atoms with Crippen molar-refractivity contribution >= 4 is 0 Å². The Hall–Kier alpha value is -0.0800. The molecular weight excluding hydrogens is 128 g/mol. The summed E-state index contributed by atoms with van der Waals surface area (Å²) in [4.78, 5) is 0. The highest BCUT2D eigenvalue weighted by Gasteiger charge is 1.98. The van der Waals surface area contributed by atoms with Crippen LogP contribution in [0.15, 0.2) is 0 Å². The largest absolute Gasteiger partial charge is 0.396 e. The van der Waals surface area contributed by atoms with Gasteiger partial charge < -0.3 is 9.84 Å². The highest BCUT2D eigenvalue weighted by atomic mass is 16.5. The molecule has 0 rings (SSSR count). The number of hydrogen-bond acceptors (Lipinski definition) is 2. The molecule has 0 aromatic heterocycles. The lowest BCUT2D eigenvalue weighted by atomic mass is 10.2. The van der Waals surface area contributed by atoms with E-state index >= 15 is 0 Å². The minimum absolute atomic E-state index is 0.304. The predicted molar refractivity (Wildman–Crippen MR) is 42.0 cm³/mol. The maximum absolute atomic E-state index is 8.47. The van der Waals surface area contributed by atoms with Crippen LogP contribution in [0, 0.1) is 0 Å². The average Bonchev–Trinajstić information content (AvgIpc) is 1.89. The van der Waals surface area contributed by atoms with Crippen LogP contribution < -0.4 is 0 Å². The van der Waals surface area contributed by atoms with Crippen LogP contribution in [0.5, 0.6) is 0 Å². The Labute approximate surface area is 63.2 Å². The fraction of sp³-hybridized carbons (Fsp3) is 1.00. The van der Waals surface area contributed by atoms with Crippen LogP contribution in [0.1, 0.15) is 33.1 Å². The monoisotopic (exact) mass is 146 g/mol. The summed E-state index contributed by atoms with van der Waals surface area (Å²) in [5.74, 6) is 0. The molecule has 0 saturated heterocycles. The van der Waals surface area contributed by atoms with Crippen molar-refractivity contribution < 1.29 is 9.84 Å². The van der Waals surface area contributed by atoms with Gasteiger partial charge in [0.25, 0.3) is 0 Å². The smallest absolute Gasteiger partial charge is 0.0546 e. The number of aliphatic hydroxyl groups is 1. The third-order valence-electron chi connectivity index (χ3n) is 1.47. The van der Waals surface area contributed by atoms with Crippen molar-refractivity contribution in [3.63, 3.8) is 0 Å². The van der Waals surface area contributed by atoms with Crippen molar-refractivity contribution in [2.45, 2.75) is 39.2 Å². The predicted octanol–water partition coefficient (Wildman–Crippen LogP) is 1.57. The van der Waals surface area contributed by atoms with Crippen LogP contribution >= 0.6 is 0 Å². The molecule has 1 N–H and O–H groups in total. The molecule has 0 amide bonds. The summed E-state index contributed by atoms with van der Waals surface area (Å²) in [5, 5.41) is 8.47. The molecule has 0 aromatic rings. The fourth-order valence-electron chi connectivity index (χ4n) is 0.911. The molecule has 0 aromatic carbocycles. The van der Waals surface area contributed by atoms with Gasteiger partial charge in [0.1, 0.15) is 0 Å². The third kappa shape index (κ3) is 6.05. The number of hydrogen-bond donors (Lipinski definition) is 1. The maximum atomic E-state index is 8.47. The molecule has 0 fully saturated rings. The molecule has 1 unspecified atom stereocenters. The van der Waals surface area contributed by atoms with Crippen molar-refractivity contribution in [2.24, 2.45) is 0 Å². The van der Waals surface area contributed by atoms with Gasteiger partial charge in [-0.15, -0.1) is 0 Å². The highest BCUT2D eigenvalue weighted by molar-refractivity contribution is 4.49. The van der Waals surface area contributed by atoms with Crippen molar-refractivity contribution in [3.05, 3.63) is 0 Å². The Morgan fingerprint density at radius 2 is 2.10 bits per heavy atom. The highest BCUT2D eigenvalue weighted by Crippen LogP contribution is 2.02. The van der Waals surface area contributed by atoms with E-state index < -0.39 is 0 Å². The van der Waals surface area contributed by atoms with E-state index in [-0.39, 0.29) is 0 Å². The Morgan fingerprint density at radius 3 is 2.60 bits per heavy atom. The van der Waals surface area contributed by atoms with E-state index in [1.807, 2.05) is 6.92 Å². The average molecular weight is 146 g/mol. The second kappa shape index (κ2) is 7.03. The SMILES string of the molecule is CCOC(C)CCCCO. The van der Waals surface area contributed by atoms with Gasteiger partial charge in [0.2, 0.25) is 0 Å². The van der Waals surface area contributed by atoms with Crippen LogP contribution in [0.4, 0.5) is 0 Å². The summed E-state index contributed by atoms with van der Waals surface area (Å²) in [6.07, 6.45) is 3.39. The Kier molecular flexibility index (Phi) is 6.98. The van der Waals surface area contributed by atoms with E-state index in [0.717, 1.165) is 25.9 Å². The first kappa shape index (κ1) is 9.92. The van der Waals surface area contributed by atoms with E-state index in [0.29, 0.717) is 12.7 Å². The summed E-state index contributed by atoms with van der Waals surface area (Å²) in [6.45, 7) is 5.17. The Bertz CT molecular complexity index is 64.3. The van der Waals surface area contributed by atoms with Crippen molar-refractivity contribution in [1.29, 1.82) is 0 Å². The molecule has 0 bridgehead atoms. The first-order chi connectivity index (χ1) is 4.81. The molecule has 10 heavy (non-hydrogen) atoms. The topological polar surface area (TPSA) is 29.5 Å². The van der Waals surface area contributed by atoms with Crippen molar-refractivity contribution in [1.82, 2.24) is 0 Å². The molecule has 0 aliphatic heterocycles. The summed E-state index contributed by atoms with van der Waals surface area (Å²) in [7, 11) is 0. The molecule has 0 heterocycles. The van der Waals surface area contributed by atoms with Crippen molar-refractivity contribution in [3.8, 4) is 0 Å². The summed E-state index contributed by atoms with van der Waals surface area (Å²) >= 11 is 0. The fourth-order valence-corrected chi connectivity index (χ4v) is 0.911. The molecule has 2 heteroatoms. The molecule has 0 aliphatic carbocycles. The lowest BCUT2D eigenvalue weighted by Crippen LogP contribution is -2.07. The molecule has 1 atom stereocenters. The minimum Gasteiger partial charge on any atom is -0.396 e. The van der Waals surface area contributed by atoms with E-state index in [1.54, 1.807) is 0 Å². The van der Waals surface area contributed by atoms with E-state index in [2.05, 4.69) is 6.92 Å². The van der Waals surface area contributed by atoms with E-state index in [4.69, 9.17) is 9.84 Å². The lowest BCUT2D eigenvalue weighted by molar-refractivity contribution is 0.0674. The van der Waals surface area contributed by atoms with E-state index in [9.17, 15) is 0 Å². The zero-order chi connectivity index (χ0) is 7.82. The van der Waals surface area contributed by atoms with E-state index in [1.165, 1.54) is 0 Å². The van der Waals surface area contributed by atoms with Gasteiger partial charge >= 0.3 is 0 Å². The quantitative estimate of drug-likeness (QED) is 0.576. The summed E-state index contributed by atoms with van der Waals surface area (Å²) < 4.78 is 5.31. The van der Waals surface area contributed by atoms with Crippen LogP contribution in [-0.2, 0) is 4.74 Å². The second-order valence-corrected chi connectivity index (χ2v) is 2.49. The summed E-state index contributed by atoms with van der Waals surface area (Å²) in [5.41, 5.74) is 0. The molecule has 0 aliphatic rings. The van der Waals surface area contributed by atoms with Crippen molar-refractivity contribution in [2.75, 3.05) is 13.2 Å². The zero-order valence-electron chi connectivity index (χ0n) is 6.97. The molecule has 0 radical (unpaired) electrons. The number of aliphatic hydroxyl groups excluding tert-OH is 1. The standard InChI is InChI=1S/C8H18O2/c1-3-10-8(2)6-4-5-7-9/h8-9H,3-7H2,1-2H3. The number of unbranched alkanes of at least 4 members (excludes halogenated alkanes) is 1. The van der Waals surface area contributed by atoms with Gasteiger partial charge in [-0.05, 0) is 33.1 Å². The lowest BCUT2D eigenvalue weighted by Gasteiger charge is -2.09.